The molecule has 7 heteroatoms. The van der Waals surface area contributed by atoms with Crippen LogP contribution in [0.1, 0.15) is 32.9 Å². The number of ether oxygens (including phenoxy) is 1. The smallest absolute Gasteiger partial charge is 0.251 e. The molecule has 0 aliphatic heterocycles. The number of thioether (sulfide) groups is 1. The van der Waals surface area contributed by atoms with E-state index in [2.05, 4.69) is 15.3 Å². The molecular weight excluding hydrogens is 338 g/mol. The van der Waals surface area contributed by atoms with Crippen LogP contribution in [-0.4, -0.2) is 27.7 Å². The van der Waals surface area contributed by atoms with Gasteiger partial charge in [0.2, 0.25) is 5.91 Å². The highest BCUT2D eigenvalue weighted by Gasteiger charge is 2.18. The van der Waals surface area contributed by atoms with E-state index < -0.39 is 5.25 Å². The number of H-pyrrole nitrogens is 1. The first-order chi connectivity index (χ1) is 12.0. The van der Waals surface area contributed by atoms with Crippen molar-refractivity contribution >= 4 is 23.4 Å². The molecule has 1 aromatic heterocycles. The Hall–Kier alpha value is -2.28. The highest BCUT2D eigenvalue weighted by atomic mass is 32.2. The van der Waals surface area contributed by atoms with Gasteiger partial charge >= 0.3 is 0 Å². The Labute approximate surface area is 151 Å². The lowest BCUT2D eigenvalue weighted by molar-refractivity contribution is -0.115. The van der Waals surface area contributed by atoms with E-state index in [-0.39, 0.29) is 11.5 Å². The number of amides is 1. The number of nitrogens with zero attached hydrogens (tertiary/aromatic N) is 1. The van der Waals surface area contributed by atoms with Crippen LogP contribution < -0.4 is 15.6 Å². The van der Waals surface area contributed by atoms with E-state index >= 15 is 0 Å². The molecule has 0 spiro atoms. The topological polar surface area (TPSA) is 84.1 Å². The van der Waals surface area contributed by atoms with E-state index in [1.807, 2.05) is 32.0 Å². The number of aromatic amines is 1. The summed E-state index contributed by atoms with van der Waals surface area (Å²) < 4.78 is 5.51. The highest BCUT2D eigenvalue weighted by Crippen LogP contribution is 2.26. The molecule has 1 atom stereocenters. The largest absolute Gasteiger partial charge is 0.492 e. The Balaban J connectivity index is 2.07. The lowest BCUT2D eigenvalue weighted by atomic mass is 10.2. The Morgan fingerprint density at radius 3 is 2.84 bits per heavy atom. The third-order valence-corrected chi connectivity index (χ3v) is 4.37. The van der Waals surface area contributed by atoms with Crippen molar-refractivity contribution < 1.29 is 9.53 Å². The summed E-state index contributed by atoms with van der Waals surface area (Å²) in [5.41, 5.74) is 1.17. The van der Waals surface area contributed by atoms with Crippen LogP contribution in [0.5, 0.6) is 5.75 Å². The Morgan fingerprint density at radius 1 is 1.36 bits per heavy atom. The standard InChI is InChI=1S/C18H23N3O3S/c1-4-8-13-11-16(22)21-18(19-13)25-12(3)17(23)20-14-9-6-7-10-15(14)24-5-2/h6-7,9-12H,4-5,8H2,1-3H3,(H,20,23)(H,19,21,22). The Morgan fingerprint density at radius 2 is 2.12 bits per heavy atom. The van der Waals surface area contributed by atoms with E-state index in [1.165, 1.54) is 17.8 Å². The summed E-state index contributed by atoms with van der Waals surface area (Å²) in [5, 5.41) is 2.90. The van der Waals surface area contributed by atoms with E-state index in [0.717, 1.165) is 18.5 Å². The van der Waals surface area contributed by atoms with Crippen LogP contribution in [0.25, 0.3) is 0 Å². The van der Waals surface area contributed by atoms with Gasteiger partial charge in [0.1, 0.15) is 5.75 Å². The van der Waals surface area contributed by atoms with Crippen molar-refractivity contribution in [2.75, 3.05) is 11.9 Å². The highest BCUT2D eigenvalue weighted by molar-refractivity contribution is 8.00. The van der Waals surface area contributed by atoms with Crippen molar-refractivity contribution in [3.63, 3.8) is 0 Å². The molecule has 0 aliphatic rings. The molecule has 134 valence electrons. The normalized spacial score (nSPS) is 11.8. The van der Waals surface area contributed by atoms with Gasteiger partial charge in [0, 0.05) is 11.8 Å². The maximum Gasteiger partial charge on any atom is 0.251 e. The number of benzene rings is 1. The molecule has 0 saturated heterocycles. The molecule has 0 aliphatic carbocycles. The molecule has 2 rings (SSSR count). The van der Waals surface area contributed by atoms with Crippen LogP contribution in [0, 0.1) is 0 Å². The number of carbonyl (C=O) groups excluding carboxylic acids is 1. The summed E-state index contributed by atoms with van der Waals surface area (Å²) in [6, 6.07) is 8.79. The van der Waals surface area contributed by atoms with Gasteiger partial charge in [0.25, 0.3) is 5.56 Å². The fraction of sp³-hybridized carbons (Fsp3) is 0.389. The third kappa shape index (κ3) is 5.63. The summed E-state index contributed by atoms with van der Waals surface area (Å²) in [7, 11) is 0. The van der Waals surface area contributed by atoms with E-state index in [0.29, 0.717) is 23.2 Å². The molecule has 2 N–H and O–H groups in total. The molecule has 1 unspecified atom stereocenters. The molecule has 6 nitrogen and oxygen atoms in total. The van der Waals surface area contributed by atoms with Gasteiger partial charge in [-0.2, -0.15) is 0 Å². The maximum absolute atomic E-state index is 12.5. The van der Waals surface area contributed by atoms with E-state index in [4.69, 9.17) is 4.74 Å². The van der Waals surface area contributed by atoms with Gasteiger partial charge in [0.05, 0.1) is 17.5 Å². The minimum Gasteiger partial charge on any atom is -0.492 e. The predicted octanol–water partition coefficient (Wildman–Crippen LogP) is 3.24. The van der Waals surface area contributed by atoms with Gasteiger partial charge in [-0.1, -0.05) is 37.2 Å². The Bertz CT molecular complexity index is 776. The summed E-state index contributed by atoms with van der Waals surface area (Å²) in [6.45, 7) is 6.21. The summed E-state index contributed by atoms with van der Waals surface area (Å²) in [6.07, 6.45) is 1.64. The first-order valence-corrected chi connectivity index (χ1v) is 9.21. The molecule has 1 amide bonds. The van der Waals surface area contributed by atoms with Gasteiger partial charge < -0.3 is 15.0 Å². The zero-order valence-corrected chi connectivity index (χ0v) is 15.5. The molecule has 25 heavy (non-hydrogen) atoms. The zero-order chi connectivity index (χ0) is 18.2. The van der Waals surface area contributed by atoms with E-state index in [1.54, 1.807) is 13.0 Å². The predicted molar refractivity (Wildman–Crippen MR) is 100 cm³/mol. The fourth-order valence-corrected chi connectivity index (χ4v) is 3.06. The van der Waals surface area contributed by atoms with Crippen LogP contribution in [0.15, 0.2) is 40.3 Å². The van der Waals surface area contributed by atoms with Crippen LogP contribution in [0.2, 0.25) is 0 Å². The minimum atomic E-state index is -0.422. The lowest BCUT2D eigenvalue weighted by Crippen LogP contribution is -2.23. The van der Waals surface area contributed by atoms with E-state index in [9.17, 15) is 9.59 Å². The first-order valence-electron chi connectivity index (χ1n) is 8.33. The molecule has 0 fully saturated rings. The average molecular weight is 361 g/mol. The second-order valence-electron chi connectivity index (χ2n) is 5.47. The second kappa shape index (κ2) is 9.27. The Kier molecular flexibility index (Phi) is 7.06. The van der Waals surface area contributed by atoms with Crippen LogP contribution in [0.4, 0.5) is 5.69 Å². The molecule has 1 aromatic carbocycles. The molecule has 0 radical (unpaired) electrons. The SMILES string of the molecule is CCCc1cc(=O)[nH]c(SC(C)C(=O)Nc2ccccc2OCC)n1. The van der Waals surface area contributed by atoms with Gasteiger partial charge in [-0.15, -0.1) is 0 Å². The summed E-state index contributed by atoms with van der Waals surface area (Å²) in [4.78, 5) is 31.3. The number of aryl methyl sites for hydroxylation is 1. The third-order valence-electron chi connectivity index (χ3n) is 3.38. The van der Waals surface area contributed by atoms with Gasteiger partial charge in [-0.3, -0.25) is 9.59 Å². The minimum absolute atomic E-state index is 0.180. The van der Waals surface area contributed by atoms with Gasteiger partial charge in [-0.05, 0) is 32.4 Å². The van der Waals surface area contributed by atoms with Crippen molar-refractivity contribution in [2.45, 2.75) is 44.0 Å². The molecule has 1 heterocycles. The quantitative estimate of drug-likeness (QED) is 0.557. The summed E-state index contributed by atoms with van der Waals surface area (Å²) in [5.74, 6) is 0.452. The number of para-hydroxylation sites is 2. The number of nitrogens with one attached hydrogen (secondary N) is 2. The van der Waals surface area contributed by atoms with Gasteiger partial charge in [0.15, 0.2) is 5.16 Å². The number of hydrogen-bond acceptors (Lipinski definition) is 5. The number of hydrogen-bond donors (Lipinski definition) is 2. The number of aromatic nitrogens is 2. The van der Waals surface area contributed by atoms with Crippen LogP contribution in [0.3, 0.4) is 0 Å². The second-order valence-corrected chi connectivity index (χ2v) is 6.80. The van der Waals surface area contributed by atoms with Crippen molar-refractivity contribution in [3.8, 4) is 5.75 Å². The summed E-state index contributed by atoms with van der Waals surface area (Å²) >= 11 is 1.22. The van der Waals surface area contributed by atoms with Crippen molar-refractivity contribution in [1.82, 2.24) is 9.97 Å². The number of carbonyl (C=O) groups is 1. The zero-order valence-electron chi connectivity index (χ0n) is 14.7. The molecule has 0 saturated carbocycles. The number of rotatable bonds is 8. The fourth-order valence-electron chi connectivity index (χ4n) is 2.23. The average Bonchev–Trinajstić information content (AvgIpc) is 2.56. The van der Waals surface area contributed by atoms with Crippen molar-refractivity contribution in [1.29, 1.82) is 0 Å². The molecular formula is C18H23N3O3S. The van der Waals surface area contributed by atoms with Crippen molar-refractivity contribution in [2.24, 2.45) is 0 Å². The van der Waals surface area contributed by atoms with Gasteiger partial charge in [-0.25, -0.2) is 4.98 Å². The van der Waals surface area contributed by atoms with Crippen LogP contribution >= 0.6 is 11.8 Å². The monoisotopic (exact) mass is 361 g/mol. The number of anilines is 1. The van der Waals surface area contributed by atoms with Crippen LogP contribution in [-0.2, 0) is 11.2 Å². The molecule has 2 aromatic rings. The lowest BCUT2D eigenvalue weighted by Gasteiger charge is -2.14. The maximum atomic E-state index is 12.5. The van der Waals surface area contributed by atoms with Crippen molar-refractivity contribution in [3.05, 3.63) is 46.4 Å². The first kappa shape index (κ1) is 19.1. The molecule has 0 bridgehead atoms.